The summed E-state index contributed by atoms with van der Waals surface area (Å²) >= 11 is 0. The van der Waals surface area contributed by atoms with E-state index in [0.717, 1.165) is 77.8 Å². The van der Waals surface area contributed by atoms with E-state index in [0.29, 0.717) is 23.3 Å². The van der Waals surface area contributed by atoms with Crippen LogP contribution in [0.5, 0.6) is 0 Å². The fourth-order valence-electron chi connectivity index (χ4n) is 4.86. The summed E-state index contributed by atoms with van der Waals surface area (Å²) in [4.78, 5) is 40.2. The van der Waals surface area contributed by atoms with Gasteiger partial charge in [-0.3, -0.25) is 14.5 Å². The van der Waals surface area contributed by atoms with Crippen molar-refractivity contribution < 1.29 is 9.59 Å². The van der Waals surface area contributed by atoms with Gasteiger partial charge in [0.05, 0.1) is 11.5 Å². The second-order valence-corrected chi connectivity index (χ2v) is 8.41. The summed E-state index contributed by atoms with van der Waals surface area (Å²) in [6, 6.07) is 0.479. The van der Waals surface area contributed by atoms with E-state index < -0.39 is 0 Å². The zero-order valence-corrected chi connectivity index (χ0v) is 16.8. The van der Waals surface area contributed by atoms with Crippen molar-refractivity contribution in [2.75, 3.05) is 39.3 Å². The van der Waals surface area contributed by atoms with E-state index in [2.05, 4.69) is 19.8 Å². The smallest absolute Gasteiger partial charge is 0.256 e. The Bertz CT molecular complexity index is 693. The van der Waals surface area contributed by atoms with E-state index in [1.807, 2.05) is 11.8 Å². The van der Waals surface area contributed by atoms with Crippen LogP contribution in [0.3, 0.4) is 0 Å². The molecule has 0 aromatic carbocycles. The first-order valence-electron chi connectivity index (χ1n) is 10.7. The number of piperidine rings is 2. The molecule has 152 valence electrons. The van der Waals surface area contributed by atoms with Crippen molar-refractivity contribution >= 4 is 11.8 Å². The van der Waals surface area contributed by atoms with E-state index in [9.17, 15) is 9.59 Å². The molecule has 28 heavy (non-hydrogen) atoms. The molecule has 3 aliphatic heterocycles. The number of likely N-dealkylation sites (tertiary alicyclic amines) is 3. The van der Waals surface area contributed by atoms with Crippen LogP contribution in [0, 0.1) is 12.8 Å². The molecular weight excluding hydrogens is 354 g/mol. The molecule has 3 saturated heterocycles. The van der Waals surface area contributed by atoms with Crippen LogP contribution in [0.25, 0.3) is 0 Å². The van der Waals surface area contributed by atoms with Gasteiger partial charge in [0.2, 0.25) is 5.91 Å². The van der Waals surface area contributed by atoms with Crippen LogP contribution >= 0.6 is 0 Å². The van der Waals surface area contributed by atoms with Crippen LogP contribution in [0.15, 0.2) is 12.4 Å². The summed E-state index contributed by atoms with van der Waals surface area (Å²) < 4.78 is 0. The number of aryl methyl sites for hydroxylation is 1. The first-order valence-corrected chi connectivity index (χ1v) is 10.7. The third kappa shape index (κ3) is 4.19. The highest BCUT2D eigenvalue weighted by Gasteiger charge is 2.34. The predicted molar refractivity (Wildman–Crippen MR) is 106 cm³/mol. The Balaban J connectivity index is 1.30. The van der Waals surface area contributed by atoms with E-state index in [1.165, 1.54) is 0 Å². The second kappa shape index (κ2) is 8.55. The van der Waals surface area contributed by atoms with Gasteiger partial charge in [-0.1, -0.05) is 0 Å². The Morgan fingerprint density at radius 2 is 1.57 bits per heavy atom. The average Bonchev–Trinajstić information content (AvgIpc) is 3.28. The fourth-order valence-corrected chi connectivity index (χ4v) is 4.86. The van der Waals surface area contributed by atoms with Crippen LogP contribution in [-0.2, 0) is 4.79 Å². The zero-order valence-electron chi connectivity index (χ0n) is 16.8. The maximum atomic E-state index is 12.8. The molecule has 4 rings (SSSR count). The number of amides is 2. The lowest BCUT2D eigenvalue weighted by atomic mass is 9.93. The quantitative estimate of drug-likeness (QED) is 0.792. The SMILES string of the molecule is Cc1ncc(C(=O)N2CCC(N3CCC[C@@H](C(=O)N4CCCC4)C3)CC2)cn1. The summed E-state index contributed by atoms with van der Waals surface area (Å²) in [6.45, 7) is 7.20. The first-order chi connectivity index (χ1) is 13.6. The molecular formula is C21H31N5O2. The number of nitrogens with zero attached hydrogens (tertiary/aromatic N) is 5. The fraction of sp³-hybridized carbons (Fsp3) is 0.714. The Morgan fingerprint density at radius 1 is 0.893 bits per heavy atom. The molecule has 7 heteroatoms. The van der Waals surface area contributed by atoms with Crippen LogP contribution in [0.1, 0.15) is 54.7 Å². The van der Waals surface area contributed by atoms with Gasteiger partial charge in [0.15, 0.2) is 0 Å². The van der Waals surface area contributed by atoms with Gasteiger partial charge in [-0.15, -0.1) is 0 Å². The topological polar surface area (TPSA) is 69.6 Å². The molecule has 0 unspecified atom stereocenters. The molecule has 0 bridgehead atoms. The first kappa shape index (κ1) is 19.3. The third-order valence-electron chi connectivity index (χ3n) is 6.52. The van der Waals surface area contributed by atoms with Gasteiger partial charge in [-0.25, -0.2) is 9.97 Å². The lowest BCUT2D eigenvalue weighted by Crippen LogP contribution is -2.51. The Labute approximate surface area is 167 Å². The van der Waals surface area contributed by atoms with Crippen molar-refractivity contribution in [1.29, 1.82) is 0 Å². The number of hydrogen-bond acceptors (Lipinski definition) is 5. The van der Waals surface area contributed by atoms with Gasteiger partial charge < -0.3 is 9.80 Å². The van der Waals surface area contributed by atoms with Crippen LogP contribution in [-0.4, -0.2) is 81.8 Å². The molecule has 0 N–H and O–H groups in total. The summed E-state index contributed by atoms with van der Waals surface area (Å²) in [6.07, 6.45) is 9.63. The summed E-state index contributed by atoms with van der Waals surface area (Å²) in [5.41, 5.74) is 0.568. The molecule has 1 atom stereocenters. The largest absolute Gasteiger partial charge is 0.342 e. The van der Waals surface area contributed by atoms with Crippen molar-refractivity contribution in [2.24, 2.45) is 5.92 Å². The highest BCUT2D eigenvalue weighted by atomic mass is 16.2. The molecule has 1 aromatic rings. The molecule has 0 radical (unpaired) electrons. The second-order valence-electron chi connectivity index (χ2n) is 8.41. The molecule has 0 saturated carbocycles. The Morgan fingerprint density at radius 3 is 2.25 bits per heavy atom. The van der Waals surface area contributed by atoms with Gasteiger partial charge >= 0.3 is 0 Å². The minimum Gasteiger partial charge on any atom is -0.342 e. The van der Waals surface area contributed by atoms with Crippen molar-refractivity contribution in [2.45, 2.75) is 51.5 Å². The van der Waals surface area contributed by atoms with Crippen LogP contribution in [0.2, 0.25) is 0 Å². The number of aromatic nitrogens is 2. The standard InChI is InChI=1S/C21H31N5O2/c1-16-22-13-18(14-23-16)21(28)25-11-6-19(7-12-25)26-10-4-5-17(15-26)20(27)24-8-2-3-9-24/h13-14,17,19H,2-12,15H2,1H3/t17-/m1/s1. The molecule has 2 amide bonds. The predicted octanol–water partition coefficient (Wildman–Crippen LogP) is 1.72. The van der Waals surface area contributed by atoms with Crippen LogP contribution < -0.4 is 0 Å². The number of hydrogen-bond donors (Lipinski definition) is 0. The van der Waals surface area contributed by atoms with E-state index in [-0.39, 0.29) is 11.8 Å². The molecule has 0 spiro atoms. The van der Waals surface area contributed by atoms with Crippen molar-refractivity contribution in [3.63, 3.8) is 0 Å². The summed E-state index contributed by atoms with van der Waals surface area (Å²) in [7, 11) is 0. The Hall–Kier alpha value is -2.02. The van der Waals surface area contributed by atoms with Crippen molar-refractivity contribution in [3.05, 3.63) is 23.8 Å². The molecule has 4 heterocycles. The molecule has 7 nitrogen and oxygen atoms in total. The maximum Gasteiger partial charge on any atom is 0.256 e. The zero-order chi connectivity index (χ0) is 19.5. The lowest BCUT2D eigenvalue weighted by Gasteiger charge is -2.42. The molecule has 3 aliphatic rings. The van der Waals surface area contributed by atoms with Crippen LogP contribution in [0.4, 0.5) is 0 Å². The van der Waals surface area contributed by atoms with E-state index in [4.69, 9.17) is 0 Å². The summed E-state index contributed by atoms with van der Waals surface area (Å²) in [5, 5.41) is 0. The average molecular weight is 386 g/mol. The maximum absolute atomic E-state index is 12.8. The lowest BCUT2D eigenvalue weighted by molar-refractivity contribution is -0.136. The van der Waals surface area contributed by atoms with Crippen molar-refractivity contribution in [3.8, 4) is 0 Å². The number of rotatable bonds is 3. The normalized spacial score (nSPS) is 24.5. The minimum atomic E-state index is 0.0270. The third-order valence-corrected chi connectivity index (χ3v) is 6.52. The monoisotopic (exact) mass is 385 g/mol. The summed E-state index contributed by atoms with van der Waals surface area (Å²) in [5.74, 6) is 1.24. The van der Waals surface area contributed by atoms with Gasteiger partial charge in [0.25, 0.3) is 5.91 Å². The Kier molecular flexibility index (Phi) is 5.90. The molecule has 1 aromatic heterocycles. The highest BCUT2D eigenvalue weighted by Crippen LogP contribution is 2.26. The van der Waals surface area contributed by atoms with Gasteiger partial charge in [-0.05, 0) is 52.0 Å². The van der Waals surface area contributed by atoms with Gasteiger partial charge in [0.1, 0.15) is 5.82 Å². The minimum absolute atomic E-state index is 0.0270. The van der Waals surface area contributed by atoms with E-state index in [1.54, 1.807) is 12.4 Å². The van der Waals surface area contributed by atoms with Gasteiger partial charge in [-0.2, -0.15) is 0 Å². The van der Waals surface area contributed by atoms with Crippen molar-refractivity contribution in [1.82, 2.24) is 24.7 Å². The molecule has 0 aliphatic carbocycles. The number of carbonyl (C=O) groups is 2. The number of carbonyl (C=O) groups excluding carboxylic acids is 2. The molecule has 3 fully saturated rings. The van der Waals surface area contributed by atoms with Gasteiger partial charge in [0, 0.05) is 51.2 Å². The van der Waals surface area contributed by atoms with E-state index >= 15 is 0 Å². The highest BCUT2D eigenvalue weighted by molar-refractivity contribution is 5.93.